The first-order valence-electron chi connectivity index (χ1n) is 6.73. The van der Waals surface area contributed by atoms with E-state index in [4.69, 9.17) is 0 Å². The molecule has 2 aromatic rings. The van der Waals surface area contributed by atoms with E-state index in [1.807, 2.05) is 48.5 Å². The van der Waals surface area contributed by atoms with Gasteiger partial charge in [0.1, 0.15) is 12.1 Å². The number of nitrogens with one attached hydrogen (secondary N) is 1. The van der Waals surface area contributed by atoms with Crippen molar-refractivity contribution in [2.75, 3.05) is 14.1 Å². The Morgan fingerprint density at radius 1 is 0.842 bits per heavy atom. The van der Waals surface area contributed by atoms with Gasteiger partial charge in [-0.1, -0.05) is 54.6 Å². The van der Waals surface area contributed by atoms with Crippen molar-refractivity contribution >= 4 is 0 Å². The SMILES string of the molecule is C[C@H](c1ccccc1[C@@H](O)c1ccccc1)[NH+](C)C. The van der Waals surface area contributed by atoms with Gasteiger partial charge in [0.15, 0.2) is 0 Å². The van der Waals surface area contributed by atoms with E-state index in [-0.39, 0.29) is 0 Å². The predicted molar refractivity (Wildman–Crippen MR) is 78.2 cm³/mol. The monoisotopic (exact) mass is 256 g/mol. The van der Waals surface area contributed by atoms with E-state index >= 15 is 0 Å². The molecule has 2 atom stereocenters. The highest BCUT2D eigenvalue weighted by atomic mass is 16.3. The Morgan fingerprint density at radius 3 is 1.95 bits per heavy atom. The van der Waals surface area contributed by atoms with Gasteiger partial charge in [-0.3, -0.25) is 0 Å². The molecular formula is C17H22NO+. The topological polar surface area (TPSA) is 24.7 Å². The van der Waals surface area contributed by atoms with Crippen molar-refractivity contribution in [3.63, 3.8) is 0 Å². The summed E-state index contributed by atoms with van der Waals surface area (Å²) in [5.41, 5.74) is 3.15. The Kier molecular flexibility index (Phi) is 4.35. The molecule has 19 heavy (non-hydrogen) atoms. The molecule has 0 aliphatic rings. The van der Waals surface area contributed by atoms with Crippen LogP contribution in [-0.2, 0) is 0 Å². The predicted octanol–water partition coefficient (Wildman–Crippen LogP) is 1.97. The van der Waals surface area contributed by atoms with Gasteiger partial charge in [0.25, 0.3) is 0 Å². The molecule has 0 radical (unpaired) electrons. The standard InChI is InChI=1S/C17H21NO/c1-13(18(2)3)15-11-7-8-12-16(15)17(19)14-9-5-4-6-10-14/h4-13,17,19H,1-3H3/p+1/t13-,17+/m1/s1. The molecule has 2 N–H and O–H groups in total. The van der Waals surface area contributed by atoms with Crippen LogP contribution in [0.3, 0.4) is 0 Å². The van der Waals surface area contributed by atoms with Crippen molar-refractivity contribution in [1.29, 1.82) is 0 Å². The number of quaternary nitrogens is 1. The molecule has 0 saturated carbocycles. The van der Waals surface area contributed by atoms with Crippen LogP contribution in [0.15, 0.2) is 54.6 Å². The second kappa shape index (κ2) is 6.00. The average molecular weight is 256 g/mol. The van der Waals surface area contributed by atoms with Crippen molar-refractivity contribution in [1.82, 2.24) is 0 Å². The first kappa shape index (κ1) is 13.8. The Hall–Kier alpha value is -1.64. The molecule has 0 saturated heterocycles. The van der Waals surface area contributed by atoms with Gasteiger partial charge in [-0.25, -0.2) is 0 Å². The highest BCUT2D eigenvalue weighted by Gasteiger charge is 2.20. The zero-order valence-electron chi connectivity index (χ0n) is 11.8. The number of aliphatic hydroxyl groups is 1. The van der Waals surface area contributed by atoms with Crippen molar-refractivity contribution < 1.29 is 10.0 Å². The quantitative estimate of drug-likeness (QED) is 0.859. The minimum absolute atomic E-state index is 0.356. The van der Waals surface area contributed by atoms with Crippen LogP contribution in [0.2, 0.25) is 0 Å². The third-order valence-corrected chi connectivity index (χ3v) is 3.74. The van der Waals surface area contributed by atoms with Gasteiger partial charge < -0.3 is 10.0 Å². The number of hydrogen-bond acceptors (Lipinski definition) is 1. The molecule has 2 heteroatoms. The van der Waals surface area contributed by atoms with Crippen molar-refractivity contribution in [2.45, 2.75) is 19.1 Å². The van der Waals surface area contributed by atoms with Gasteiger partial charge in [-0.15, -0.1) is 0 Å². The first-order valence-corrected chi connectivity index (χ1v) is 6.73. The second-order valence-electron chi connectivity index (χ2n) is 5.24. The van der Waals surface area contributed by atoms with Crippen molar-refractivity contribution in [2.24, 2.45) is 0 Å². The molecule has 2 nitrogen and oxygen atoms in total. The molecule has 0 heterocycles. The van der Waals surface area contributed by atoms with Gasteiger partial charge in [0.2, 0.25) is 0 Å². The molecule has 2 rings (SSSR count). The number of benzene rings is 2. The number of rotatable bonds is 4. The summed E-state index contributed by atoms with van der Waals surface area (Å²) in [5.74, 6) is 0. The summed E-state index contributed by atoms with van der Waals surface area (Å²) >= 11 is 0. The molecule has 0 unspecified atom stereocenters. The Balaban J connectivity index is 2.40. The van der Waals surface area contributed by atoms with E-state index in [0.717, 1.165) is 11.1 Å². The summed E-state index contributed by atoms with van der Waals surface area (Å²) in [4.78, 5) is 1.35. The lowest BCUT2D eigenvalue weighted by Crippen LogP contribution is -3.05. The molecule has 0 amide bonds. The summed E-state index contributed by atoms with van der Waals surface area (Å²) in [5, 5.41) is 10.6. The summed E-state index contributed by atoms with van der Waals surface area (Å²) in [6.45, 7) is 2.19. The van der Waals surface area contributed by atoms with E-state index in [1.54, 1.807) is 0 Å². The second-order valence-corrected chi connectivity index (χ2v) is 5.24. The summed E-state index contributed by atoms with van der Waals surface area (Å²) in [6.07, 6.45) is -0.556. The van der Waals surface area contributed by atoms with Crippen molar-refractivity contribution in [3.8, 4) is 0 Å². The fourth-order valence-electron chi connectivity index (χ4n) is 2.28. The first-order chi connectivity index (χ1) is 9.11. The van der Waals surface area contributed by atoms with E-state index in [0.29, 0.717) is 6.04 Å². The van der Waals surface area contributed by atoms with Crippen LogP contribution in [0.5, 0.6) is 0 Å². The zero-order chi connectivity index (χ0) is 13.8. The van der Waals surface area contributed by atoms with Gasteiger partial charge in [-0.05, 0) is 18.1 Å². The van der Waals surface area contributed by atoms with Crippen LogP contribution in [0.25, 0.3) is 0 Å². The van der Waals surface area contributed by atoms with Crippen LogP contribution < -0.4 is 4.90 Å². The number of aliphatic hydroxyl groups excluding tert-OH is 1. The Morgan fingerprint density at radius 2 is 1.37 bits per heavy atom. The largest absolute Gasteiger partial charge is 0.384 e. The molecule has 100 valence electrons. The van der Waals surface area contributed by atoms with Crippen LogP contribution in [0.1, 0.15) is 35.8 Å². The third-order valence-electron chi connectivity index (χ3n) is 3.74. The summed E-state index contributed by atoms with van der Waals surface area (Å²) in [7, 11) is 4.27. The molecule has 0 aliphatic carbocycles. The van der Waals surface area contributed by atoms with Crippen LogP contribution >= 0.6 is 0 Å². The molecule has 0 spiro atoms. The minimum Gasteiger partial charge on any atom is -0.384 e. The molecular weight excluding hydrogens is 234 g/mol. The minimum atomic E-state index is -0.556. The maximum atomic E-state index is 10.6. The van der Waals surface area contributed by atoms with E-state index in [1.165, 1.54) is 10.5 Å². The fraction of sp³-hybridized carbons (Fsp3) is 0.294. The van der Waals surface area contributed by atoms with Gasteiger partial charge >= 0.3 is 0 Å². The van der Waals surface area contributed by atoms with E-state index in [9.17, 15) is 5.11 Å². The van der Waals surface area contributed by atoms with Crippen molar-refractivity contribution in [3.05, 3.63) is 71.3 Å². The highest BCUT2D eigenvalue weighted by Crippen LogP contribution is 2.27. The lowest BCUT2D eigenvalue weighted by Gasteiger charge is -2.22. The third kappa shape index (κ3) is 3.03. The highest BCUT2D eigenvalue weighted by molar-refractivity contribution is 5.36. The normalized spacial score (nSPS) is 14.4. The zero-order valence-corrected chi connectivity index (χ0v) is 11.8. The molecule has 0 aromatic heterocycles. The maximum Gasteiger partial charge on any atom is 0.110 e. The van der Waals surface area contributed by atoms with Gasteiger partial charge in [0.05, 0.1) is 14.1 Å². The Bertz CT molecular complexity index is 522. The van der Waals surface area contributed by atoms with E-state index < -0.39 is 6.10 Å². The average Bonchev–Trinajstić information content (AvgIpc) is 2.46. The summed E-state index contributed by atoms with van der Waals surface area (Å²) < 4.78 is 0. The lowest BCUT2D eigenvalue weighted by molar-refractivity contribution is -0.890. The van der Waals surface area contributed by atoms with Gasteiger partial charge in [-0.2, -0.15) is 0 Å². The smallest absolute Gasteiger partial charge is 0.110 e. The van der Waals surface area contributed by atoms with Gasteiger partial charge in [0, 0.05) is 5.56 Å². The van der Waals surface area contributed by atoms with E-state index in [2.05, 4.69) is 27.1 Å². The molecule has 0 bridgehead atoms. The molecule has 2 aromatic carbocycles. The molecule has 0 fully saturated rings. The number of hydrogen-bond donors (Lipinski definition) is 2. The maximum absolute atomic E-state index is 10.6. The van der Waals surface area contributed by atoms with Crippen LogP contribution in [0, 0.1) is 0 Å². The lowest BCUT2D eigenvalue weighted by atomic mass is 9.93. The summed E-state index contributed by atoms with van der Waals surface area (Å²) in [6, 6.07) is 18.3. The fourth-order valence-corrected chi connectivity index (χ4v) is 2.28. The van der Waals surface area contributed by atoms with Crippen LogP contribution in [-0.4, -0.2) is 19.2 Å². The Labute approximate surface area is 115 Å². The van der Waals surface area contributed by atoms with Crippen LogP contribution in [0.4, 0.5) is 0 Å². The molecule has 0 aliphatic heterocycles.